The van der Waals surface area contributed by atoms with Crippen LogP contribution in [0.25, 0.3) is 0 Å². The van der Waals surface area contributed by atoms with E-state index >= 15 is 0 Å². The van der Waals surface area contributed by atoms with Crippen LogP contribution in [0.3, 0.4) is 0 Å². The van der Waals surface area contributed by atoms with Crippen LogP contribution in [0.1, 0.15) is 20.8 Å². The third-order valence-electron chi connectivity index (χ3n) is 2.12. The zero-order valence-electron chi connectivity index (χ0n) is 8.22. The molecule has 0 aliphatic carbocycles. The van der Waals surface area contributed by atoms with Crippen molar-refractivity contribution in [3.63, 3.8) is 0 Å². The van der Waals surface area contributed by atoms with Gasteiger partial charge in [0.25, 0.3) is 0 Å². The van der Waals surface area contributed by atoms with Crippen molar-refractivity contribution in [1.29, 1.82) is 0 Å². The van der Waals surface area contributed by atoms with Gasteiger partial charge in [0.1, 0.15) is 0 Å². The maximum absolute atomic E-state index is 5.64. The fourth-order valence-electron chi connectivity index (χ4n) is 0.984. The van der Waals surface area contributed by atoms with Crippen LogP contribution in [0.2, 0.25) is 0 Å². The molecular formula is C8H19NOPb. The van der Waals surface area contributed by atoms with Crippen molar-refractivity contribution in [1.82, 2.24) is 4.90 Å². The number of rotatable bonds is 4. The van der Waals surface area contributed by atoms with E-state index in [9.17, 15) is 0 Å². The number of nitrogens with zero attached hydrogens (tertiary/aromatic N) is 1. The average Bonchev–Trinajstić information content (AvgIpc) is 1.86. The standard InChI is InChI=1S/C8H18NO.Pb.H/c1-7(2)8(3,10)6-9(4)5;;/h7H,6H2,1-5H3;;/q-1;+1;. The minimum absolute atomic E-state index is 0.0637. The molecule has 0 saturated heterocycles. The first-order valence-electron chi connectivity index (χ1n) is 3.95. The van der Waals surface area contributed by atoms with Gasteiger partial charge in [-0.3, -0.25) is 0 Å². The van der Waals surface area contributed by atoms with Gasteiger partial charge in [0, 0.05) is 0 Å². The Morgan fingerprint density at radius 2 is 1.91 bits per heavy atom. The molecule has 1 unspecified atom stereocenters. The van der Waals surface area contributed by atoms with Gasteiger partial charge in [0.15, 0.2) is 0 Å². The monoisotopic (exact) mass is 353 g/mol. The van der Waals surface area contributed by atoms with Crippen LogP contribution in [0.5, 0.6) is 0 Å². The van der Waals surface area contributed by atoms with Gasteiger partial charge in [-0.05, 0) is 0 Å². The molecule has 0 amide bonds. The summed E-state index contributed by atoms with van der Waals surface area (Å²) in [5, 5.41) is 0. The van der Waals surface area contributed by atoms with Crippen LogP contribution in [0.4, 0.5) is 0 Å². The van der Waals surface area contributed by atoms with Gasteiger partial charge in [-0.25, -0.2) is 0 Å². The van der Waals surface area contributed by atoms with Crippen LogP contribution < -0.4 is 0 Å². The van der Waals surface area contributed by atoms with Crippen molar-refractivity contribution in [3.05, 3.63) is 0 Å². The first kappa shape index (κ1) is 11.8. The van der Waals surface area contributed by atoms with E-state index in [1.807, 2.05) is 0 Å². The second kappa shape index (κ2) is 4.77. The number of hydrogen-bond donors (Lipinski definition) is 0. The Bertz CT molecular complexity index is 117. The first-order chi connectivity index (χ1) is 4.92. The van der Waals surface area contributed by atoms with Gasteiger partial charge >= 0.3 is 86.7 Å². The molecule has 0 spiro atoms. The topological polar surface area (TPSA) is 12.5 Å². The van der Waals surface area contributed by atoms with Crippen molar-refractivity contribution in [2.45, 2.75) is 26.4 Å². The molecule has 0 aromatic rings. The molecule has 0 aromatic carbocycles. The summed E-state index contributed by atoms with van der Waals surface area (Å²) < 4.78 is 5.64. The Labute approximate surface area is 86.6 Å². The molecular weight excluding hydrogens is 333 g/mol. The Morgan fingerprint density at radius 1 is 1.45 bits per heavy atom. The maximum atomic E-state index is 5.64. The summed E-state index contributed by atoms with van der Waals surface area (Å²) in [5.74, 6) is 0.592. The second-order valence-corrected chi connectivity index (χ2v) is 4.74. The Balaban J connectivity index is 4.10. The van der Waals surface area contributed by atoms with Crippen molar-refractivity contribution in [2.75, 3.05) is 20.6 Å². The van der Waals surface area contributed by atoms with E-state index in [1.54, 1.807) is 0 Å². The van der Waals surface area contributed by atoms with Crippen LogP contribution >= 0.6 is 0 Å². The molecule has 3 heteroatoms. The van der Waals surface area contributed by atoms with Crippen LogP contribution in [-0.2, 0) is 2.69 Å². The van der Waals surface area contributed by atoms with Gasteiger partial charge in [0.05, 0.1) is 0 Å². The van der Waals surface area contributed by atoms with E-state index < -0.39 is 0 Å². The molecule has 2 radical (unpaired) electrons. The Kier molecular flexibility index (Phi) is 5.13. The molecule has 0 aromatic heterocycles. The fraction of sp³-hybridized carbons (Fsp3) is 1.00. The van der Waals surface area contributed by atoms with Crippen LogP contribution in [0.15, 0.2) is 0 Å². The molecule has 66 valence electrons. The Morgan fingerprint density at radius 3 is 2.00 bits per heavy atom. The summed E-state index contributed by atoms with van der Waals surface area (Å²) in [4.78, 5) is 2.18. The zero-order chi connectivity index (χ0) is 9.07. The van der Waals surface area contributed by atoms with Gasteiger partial charge in [-0.1, -0.05) is 0 Å². The third kappa shape index (κ3) is 3.85. The van der Waals surface area contributed by atoms with Gasteiger partial charge < -0.3 is 0 Å². The van der Waals surface area contributed by atoms with E-state index in [1.165, 1.54) is 0 Å². The summed E-state index contributed by atoms with van der Waals surface area (Å²) in [6.07, 6.45) is 0. The molecule has 0 saturated carbocycles. The third-order valence-corrected chi connectivity index (χ3v) is 4.21. The molecule has 0 aliphatic rings. The number of likely N-dealkylation sites (N-methyl/N-ethyl adjacent to an activating group) is 1. The van der Waals surface area contributed by atoms with Gasteiger partial charge in [0.2, 0.25) is 0 Å². The summed E-state index contributed by atoms with van der Waals surface area (Å²) in [7, 11) is 4.18. The fourth-order valence-corrected chi connectivity index (χ4v) is 2.33. The van der Waals surface area contributed by atoms with Gasteiger partial charge in [-0.2, -0.15) is 0 Å². The summed E-state index contributed by atoms with van der Waals surface area (Å²) in [6.45, 7) is 7.64. The molecule has 0 N–H and O–H groups in total. The molecule has 0 heterocycles. The van der Waals surface area contributed by atoms with Crippen molar-refractivity contribution in [3.8, 4) is 0 Å². The average molecular weight is 352 g/mol. The molecule has 0 rings (SSSR count). The molecule has 0 aliphatic heterocycles. The van der Waals surface area contributed by atoms with Crippen LogP contribution in [-0.4, -0.2) is 57.4 Å². The molecule has 11 heavy (non-hydrogen) atoms. The minimum atomic E-state index is 0.0637. The van der Waals surface area contributed by atoms with Crippen molar-refractivity contribution in [2.24, 2.45) is 5.92 Å². The summed E-state index contributed by atoms with van der Waals surface area (Å²) in [6, 6.07) is 0. The number of hydrogen-bond acceptors (Lipinski definition) is 2. The van der Waals surface area contributed by atoms with E-state index in [0.717, 1.165) is 6.54 Å². The molecule has 0 fully saturated rings. The Hall–Kier alpha value is 0.842. The van der Waals surface area contributed by atoms with Gasteiger partial charge in [-0.15, -0.1) is 0 Å². The summed E-state index contributed by atoms with van der Waals surface area (Å²) in [5.41, 5.74) is 0.0637. The normalized spacial score (nSPS) is 17.5. The van der Waals surface area contributed by atoms with Crippen molar-refractivity contribution >= 4 is 26.2 Å². The van der Waals surface area contributed by atoms with E-state index in [-0.39, 0.29) is 5.60 Å². The quantitative estimate of drug-likeness (QED) is 0.694. The molecule has 1 atom stereocenters. The predicted molar refractivity (Wildman–Crippen MR) is 50.0 cm³/mol. The molecule has 2 nitrogen and oxygen atoms in total. The van der Waals surface area contributed by atoms with E-state index in [2.05, 4.69) is 39.8 Å². The molecule has 0 bridgehead atoms. The summed E-state index contributed by atoms with van der Waals surface area (Å²) >= 11 is 0.632. The first-order valence-corrected chi connectivity index (χ1v) is 5.78. The SMILES string of the molecule is CC(C)C(C)(CN(C)C)[O][PbH]. The van der Waals surface area contributed by atoms with E-state index in [0.29, 0.717) is 32.1 Å². The zero-order valence-corrected chi connectivity index (χ0v) is 12.7. The predicted octanol–water partition coefficient (Wildman–Crippen LogP) is 0.795. The van der Waals surface area contributed by atoms with Crippen LogP contribution in [0, 0.1) is 5.92 Å². The second-order valence-electron chi connectivity index (χ2n) is 3.82. The van der Waals surface area contributed by atoms with Crippen molar-refractivity contribution < 1.29 is 2.69 Å². The van der Waals surface area contributed by atoms with E-state index in [4.69, 9.17) is 2.69 Å².